The molecule has 1 atom stereocenters. The molecule has 0 unspecified atom stereocenters. The van der Waals surface area contributed by atoms with Crippen molar-refractivity contribution in [1.29, 1.82) is 0 Å². The van der Waals surface area contributed by atoms with Gasteiger partial charge in [-0.3, -0.25) is 4.79 Å². The maximum absolute atomic E-state index is 12.3. The minimum absolute atomic E-state index is 0.0486. The average molecular weight is 315 g/mol. The molecule has 122 valence electrons. The maximum Gasteiger partial charge on any atom is 0.240 e. The highest BCUT2D eigenvalue weighted by Crippen LogP contribution is 2.41. The Morgan fingerprint density at radius 2 is 2.35 bits per heavy atom. The number of carbonyl (C=O) groups is 1. The van der Waals surface area contributed by atoms with Crippen LogP contribution in [0.3, 0.4) is 0 Å². The number of ether oxygens (including phenoxy) is 2. The van der Waals surface area contributed by atoms with Crippen LogP contribution in [0.25, 0.3) is 0 Å². The minimum atomic E-state index is -0.355. The zero-order chi connectivity index (χ0) is 16.4. The molecular formula is C17H21N3O3. The van der Waals surface area contributed by atoms with Gasteiger partial charge in [-0.25, -0.2) is 4.98 Å². The van der Waals surface area contributed by atoms with Gasteiger partial charge in [0.2, 0.25) is 5.91 Å². The number of rotatable bonds is 4. The molecule has 1 aliphatic heterocycles. The van der Waals surface area contributed by atoms with E-state index in [0.717, 1.165) is 17.1 Å². The van der Waals surface area contributed by atoms with Crippen molar-refractivity contribution >= 4 is 5.91 Å². The number of carbonyl (C=O) groups excluding carboxylic acids is 1. The minimum Gasteiger partial charge on any atom is -0.497 e. The van der Waals surface area contributed by atoms with Gasteiger partial charge < -0.3 is 19.4 Å². The molecule has 0 saturated heterocycles. The number of nitrogens with one attached hydrogen (secondary N) is 1. The predicted octanol–water partition coefficient (Wildman–Crippen LogP) is 2.31. The Kier molecular flexibility index (Phi) is 3.98. The molecule has 1 N–H and O–H groups in total. The molecule has 0 aliphatic carbocycles. The number of aromatic nitrogens is 2. The summed E-state index contributed by atoms with van der Waals surface area (Å²) in [6, 6.07) is 5.61. The van der Waals surface area contributed by atoms with Gasteiger partial charge in [-0.1, -0.05) is 0 Å². The number of hydrogen-bond donors (Lipinski definition) is 1. The van der Waals surface area contributed by atoms with Crippen LogP contribution in [0.5, 0.6) is 11.5 Å². The van der Waals surface area contributed by atoms with E-state index in [1.165, 1.54) is 0 Å². The second kappa shape index (κ2) is 5.95. The molecule has 6 nitrogen and oxygen atoms in total. The Labute approximate surface area is 135 Å². The first-order valence-corrected chi connectivity index (χ1v) is 7.59. The van der Waals surface area contributed by atoms with Crippen molar-refractivity contribution in [3.8, 4) is 11.5 Å². The Morgan fingerprint density at radius 3 is 3.04 bits per heavy atom. The lowest BCUT2D eigenvalue weighted by molar-refractivity contribution is -0.122. The summed E-state index contributed by atoms with van der Waals surface area (Å²) in [6.45, 7) is 4.29. The summed E-state index contributed by atoms with van der Waals surface area (Å²) < 4.78 is 13.0. The van der Waals surface area contributed by atoms with E-state index in [1.54, 1.807) is 30.4 Å². The molecule has 0 saturated carbocycles. The highest BCUT2D eigenvalue weighted by Gasteiger charge is 2.34. The van der Waals surface area contributed by atoms with Gasteiger partial charge in [0.25, 0.3) is 0 Å². The van der Waals surface area contributed by atoms with Gasteiger partial charge >= 0.3 is 0 Å². The number of amides is 1. The SMILES string of the molecule is COc1ccc2c(c1)OC(C)(C)C[C@@H]2NC(=O)Cn1ccnc1. The highest BCUT2D eigenvalue weighted by atomic mass is 16.5. The monoisotopic (exact) mass is 315 g/mol. The first-order valence-electron chi connectivity index (χ1n) is 7.59. The number of fused-ring (bicyclic) bond motifs is 1. The zero-order valence-electron chi connectivity index (χ0n) is 13.6. The highest BCUT2D eigenvalue weighted by molar-refractivity contribution is 5.76. The Bertz CT molecular complexity index is 695. The molecule has 1 amide bonds. The molecular weight excluding hydrogens is 294 g/mol. The topological polar surface area (TPSA) is 65.4 Å². The molecule has 1 aliphatic rings. The van der Waals surface area contributed by atoms with E-state index in [1.807, 2.05) is 32.0 Å². The zero-order valence-corrected chi connectivity index (χ0v) is 13.6. The summed E-state index contributed by atoms with van der Waals surface area (Å²) in [6.07, 6.45) is 5.77. The second-order valence-corrected chi connectivity index (χ2v) is 6.32. The van der Waals surface area contributed by atoms with Crippen LogP contribution >= 0.6 is 0 Å². The fourth-order valence-electron chi connectivity index (χ4n) is 2.87. The van der Waals surface area contributed by atoms with Crippen LogP contribution in [-0.2, 0) is 11.3 Å². The summed E-state index contributed by atoms with van der Waals surface area (Å²) in [5.74, 6) is 1.45. The van der Waals surface area contributed by atoms with Gasteiger partial charge in [-0.2, -0.15) is 0 Å². The molecule has 3 rings (SSSR count). The van der Waals surface area contributed by atoms with Crippen LogP contribution in [-0.4, -0.2) is 28.2 Å². The maximum atomic E-state index is 12.3. The lowest BCUT2D eigenvalue weighted by atomic mass is 9.89. The standard InChI is InChI=1S/C17H21N3O3/c1-17(2)9-14(19-16(21)10-20-7-6-18-11-20)13-5-4-12(22-3)8-15(13)23-17/h4-8,11,14H,9-10H2,1-3H3,(H,19,21)/t14-/m0/s1. The van der Waals surface area contributed by atoms with Crippen molar-refractivity contribution < 1.29 is 14.3 Å². The molecule has 1 aromatic carbocycles. The molecule has 0 fully saturated rings. The molecule has 0 spiro atoms. The van der Waals surface area contributed by atoms with Gasteiger partial charge in [0, 0.05) is 30.4 Å². The predicted molar refractivity (Wildman–Crippen MR) is 85.4 cm³/mol. The van der Waals surface area contributed by atoms with E-state index in [9.17, 15) is 4.79 Å². The summed E-state index contributed by atoms with van der Waals surface area (Å²) in [4.78, 5) is 16.2. The molecule has 0 radical (unpaired) electrons. The number of nitrogens with zero attached hydrogens (tertiary/aromatic N) is 2. The molecule has 2 aromatic rings. The van der Waals surface area contributed by atoms with Crippen LogP contribution in [0.2, 0.25) is 0 Å². The third-order valence-corrected chi connectivity index (χ3v) is 3.90. The van der Waals surface area contributed by atoms with Gasteiger partial charge in [-0.15, -0.1) is 0 Å². The van der Waals surface area contributed by atoms with E-state index in [0.29, 0.717) is 6.42 Å². The summed E-state index contributed by atoms with van der Waals surface area (Å²) in [7, 11) is 1.63. The normalized spacial score (nSPS) is 18.7. The van der Waals surface area contributed by atoms with Crippen LogP contribution in [0.1, 0.15) is 31.9 Å². The summed E-state index contributed by atoms with van der Waals surface area (Å²) >= 11 is 0. The van der Waals surface area contributed by atoms with Crippen LogP contribution in [0.15, 0.2) is 36.9 Å². The van der Waals surface area contributed by atoms with Crippen molar-refractivity contribution in [2.75, 3.05) is 7.11 Å². The van der Waals surface area contributed by atoms with Crippen LogP contribution < -0.4 is 14.8 Å². The lowest BCUT2D eigenvalue weighted by Crippen LogP contribution is -2.42. The largest absolute Gasteiger partial charge is 0.497 e. The van der Waals surface area contributed by atoms with E-state index in [-0.39, 0.29) is 24.1 Å². The number of hydrogen-bond acceptors (Lipinski definition) is 4. The van der Waals surface area contributed by atoms with Crippen molar-refractivity contribution in [3.05, 3.63) is 42.5 Å². The van der Waals surface area contributed by atoms with Gasteiger partial charge in [0.05, 0.1) is 19.5 Å². The lowest BCUT2D eigenvalue weighted by Gasteiger charge is -2.38. The fourth-order valence-corrected chi connectivity index (χ4v) is 2.87. The van der Waals surface area contributed by atoms with E-state index >= 15 is 0 Å². The van der Waals surface area contributed by atoms with Gasteiger partial charge in [0.1, 0.15) is 23.6 Å². The van der Waals surface area contributed by atoms with E-state index < -0.39 is 0 Å². The van der Waals surface area contributed by atoms with Crippen molar-refractivity contribution in [2.45, 2.75) is 38.5 Å². The van der Waals surface area contributed by atoms with Crippen molar-refractivity contribution in [3.63, 3.8) is 0 Å². The third-order valence-electron chi connectivity index (χ3n) is 3.90. The molecule has 6 heteroatoms. The first kappa shape index (κ1) is 15.4. The fraction of sp³-hybridized carbons (Fsp3) is 0.412. The average Bonchev–Trinajstić information content (AvgIpc) is 2.98. The number of methoxy groups -OCH3 is 1. The summed E-state index contributed by atoms with van der Waals surface area (Å²) in [5.41, 5.74) is 0.621. The number of imidazole rings is 1. The Morgan fingerprint density at radius 1 is 1.52 bits per heavy atom. The Hall–Kier alpha value is -2.50. The molecule has 0 bridgehead atoms. The first-order chi connectivity index (χ1) is 11.0. The van der Waals surface area contributed by atoms with Gasteiger partial charge in [-0.05, 0) is 26.0 Å². The Balaban J connectivity index is 1.80. The quantitative estimate of drug-likeness (QED) is 0.940. The second-order valence-electron chi connectivity index (χ2n) is 6.32. The third kappa shape index (κ3) is 3.47. The van der Waals surface area contributed by atoms with E-state index in [2.05, 4.69) is 10.3 Å². The molecule has 23 heavy (non-hydrogen) atoms. The molecule has 2 heterocycles. The number of benzene rings is 1. The van der Waals surface area contributed by atoms with Crippen molar-refractivity contribution in [2.24, 2.45) is 0 Å². The van der Waals surface area contributed by atoms with Crippen LogP contribution in [0.4, 0.5) is 0 Å². The van der Waals surface area contributed by atoms with Crippen LogP contribution in [0, 0.1) is 0 Å². The summed E-state index contributed by atoms with van der Waals surface area (Å²) in [5, 5.41) is 3.10. The van der Waals surface area contributed by atoms with E-state index in [4.69, 9.17) is 9.47 Å². The van der Waals surface area contributed by atoms with Gasteiger partial charge in [0.15, 0.2) is 0 Å². The van der Waals surface area contributed by atoms with Crippen molar-refractivity contribution in [1.82, 2.24) is 14.9 Å². The smallest absolute Gasteiger partial charge is 0.240 e. The molecule has 1 aromatic heterocycles.